The normalized spacial score (nSPS) is 16.8. The number of hydrogen-bond acceptors (Lipinski definition) is 4. The molecule has 0 bridgehead atoms. The van der Waals surface area contributed by atoms with Crippen LogP contribution in [-0.4, -0.2) is 56.8 Å². The van der Waals surface area contributed by atoms with Gasteiger partial charge in [0.25, 0.3) is 0 Å². The Morgan fingerprint density at radius 1 is 1.29 bits per heavy atom. The van der Waals surface area contributed by atoms with Gasteiger partial charge in [-0.3, -0.25) is 4.79 Å². The summed E-state index contributed by atoms with van der Waals surface area (Å²) in [6, 6.07) is 7.05. The molecule has 3 amide bonds. The maximum Gasteiger partial charge on any atom is 0.321 e. The molecule has 1 saturated heterocycles. The molecule has 0 aromatic heterocycles. The van der Waals surface area contributed by atoms with Crippen LogP contribution in [0.15, 0.2) is 24.3 Å². The molecule has 1 unspecified atom stereocenters. The van der Waals surface area contributed by atoms with Gasteiger partial charge in [0.2, 0.25) is 5.91 Å². The minimum atomic E-state index is -0.218. The maximum absolute atomic E-state index is 12.4. The van der Waals surface area contributed by atoms with E-state index in [0.29, 0.717) is 50.7 Å². The number of anilines is 1. The number of nitrogens with one attached hydrogen (secondary N) is 2. The van der Waals surface area contributed by atoms with Gasteiger partial charge < -0.3 is 25.0 Å². The Morgan fingerprint density at radius 3 is 2.83 bits per heavy atom. The maximum atomic E-state index is 12.4. The fourth-order valence-electron chi connectivity index (χ4n) is 2.60. The highest BCUT2D eigenvalue weighted by molar-refractivity contribution is 5.92. The van der Waals surface area contributed by atoms with Gasteiger partial charge in [-0.15, -0.1) is 0 Å². The quantitative estimate of drug-likeness (QED) is 0.743. The van der Waals surface area contributed by atoms with Crippen molar-refractivity contribution in [1.29, 1.82) is 0 Å². The van der Waals surface area contributed by atoms with Gasteiger partial charge in [-0.1, -0.05) is 12.1 Å². The lowest BCUT2D eigenvalue weighted by Gasteiger charge is -2.19. The second-order valence-electron chi connectivity index (χ2n) is 5.59. The summed E-state index contributed by atoms with van der Waals surface area (Å²) in [5.74, 6) is 0.474. The Hall–Kier alpha value is -2.28. The topological polar surface area (TPSA) is 79.9 Å². The van der Waals surface area contributed by atoms with Crippen LogP contribution in [0.2, 0.25) is 0 Å². The Bertz CT molecular complexity index is 565. The summed E-state index contributed by atoms with van der Waals surface area (Å²) in [5, 5.41) is 5.67. The second-order valence-corrected chi connectivity index (χ2v) is 5.59. The van der Waals surface area contributed by atoms with Crippen molar-refractivity contribution >= 4 is 17.6 Å². The molecule has 0 aliphatic carbocycles. The molecule has 2 N–H and O–H groups in total. The summed E-state index contributed by atoms with van der Waals surface area (Å²) in [4.78, 5) is 26.0. The van der Waals surface area contributed by atoms with Crippen molar-refractivity contribution in [2.75, 3.05) is 45.3 Å². The van der Waals surface area contributed by atoms with Crippen molar-refractivity contribution in [2.45, 2.75) is 13.3 Å². The highest BCUT2D eigenvalue weighted by Gasteiger charge is 2.31. The number of urea groups is 1. The summed E-state index contributed by atoms with van der Waals surface area (Å²) >= 11 is 0. The van der Waals surface area contributed by atoms with Crippen LogP contribution in [0.5, 0.6) is 5.75 Å². The number of benzene rings is 1. The number of rotatable bonds is 7. The summed E-state index contributed by atoms with van der Waals surface area (Å²) < 4.78 is 10.6. The van der Waals surface area contributed by atoms with Gasteiger partial charge in [-0.25, -0.2) is 4.79 Å². The Kier molecular flexibility index (Phi) is 6.87. The van der Waals surface area contributed by atoms with E-state index in [1.165, 1.54) is 0 Å². The number of likely N-dealkylation sites (tertiary alicyclic amines) is 1. The third-order valence-corrected chi connectivity index (χ3v) is 3.87. The molecule has 1 fully saturated rings. The third-order valence-electron chi connectivity index (χ3n) is 3.87. The van der Waals surface area contributed by atoms with Crippen LogP contribution in [-0.2, 0) is 9.53 Å². The average molecular weight is 335 g/mol. The van der Waals surface area contributed by atoms with Crippen LogP contribution in [0.3, 0.4) is 0 Å². The van der Waals surface area contributed by atoms with Crippen LogP contribution in [0.25, 0.3) is 0 Å². The molecule has 1 aromatic carbocycles. The molecule has 24 heavy (non-hydrogen) atoms. The molecular weight excluding hydrogens is 310 g/mol. The van der Waals surface area contributed by atoms with Gasteiger partial charge in [0.1, 0.15) is 12.4 Å². The van der Waals surface area contributed by atoms with Gasteiger partial charge in [0, 0.05) is 26.7 Å². The smallest absolute Gasteiger partial charge is 0.321 e. The molecule has 0 spiro atoms. The molecule has 7 nitrogen and oxygen atoms in total. The van der Waals surface area contributed by atoms with Crippen molar-refractivity contribution in [2.24, 2.45) is 5.92 Å². The fraction of sp³-hybridized carbons (Fsp3) is 0.529. The summed E-state index contributed by atoms with van der Waals surface area (Å²) in [5.41, 5.74) is 0.611. The number of ether oxygens (including phenoxy) is 2. The minimum Gasteiger partial charge on any atom is -0.489 e. The number of amides is 3. The van der Waals surface area contributed by atoms with Gasteiger partial charge in [0.15, 0.2) is 0 Å². The zero-order valence-electron chi connectivity index (χ0n) is 14.2. The third kappa shape index (κ3) is 4.86. The van der Waals surface area contributed by atoms with E-state index in [9.17, 15) is 9.59 Å². The standard InChI is InChI=1S/C17H25N3O4/c1-3-18-16(21)13-8-9-20(12-13)17(22)19-14-6-4-5-7-15(14)24-11-10-23-2/h4-7,13H,3,8-12H2,1-2H3,(H,18,21)(H,19,22). The van der Waals surface area contributed by atoms with E-state index in [1.54, 1.807) is 24.1 Å². The average Bonchev–Trinajstić information content (AvgIpc) is 3.07. The predicted octanol–water partition coefficient (Wildman–Crippen LogP) is 1.70. The molecule has 1 heterocycles. The molecule has 7 heteroatoms. The molecule has 132 valence electrons. The van der Waals surface area contributed by atoms with Crippen LogP contribution in [0, 0.1) is 5.92 Å². The second kappa shape index (κ2) is 9.12. The number of carbonyl (C=O) groups is 2. The van der Waals surface area contributed by atoms with Gasteiger partial charge in [-0.05, 0) is 25.5 Å². The zero-order chi connectivity index (χ0) is 17.4. The molecule has 1 aromatic rings. The first-order valence-electron chi connectivity index (χ1n) is 8.20. The van der Waals surface area contributed by atoms with Crippen molar-refractivity contribution in [1.82, 2.24) is 10.2 Å². The molecular formula is C17H25N3O4. The Labute approximate surface area is 142 Å². The highest BCUT2D eigenvalue weighted by Crippen LogP contribution is 2.25. The SMILES string of the molecule is CCNC(=O)C1CCN(C(=O)Nc2ccccc2OCCOC)C1. The van der Waals surface area contributed by atoms with E-state index in [-0.39, 0.29) is 17.9 Å². The van der Waals surface area contributed by atoms with Gasteiger partial charge >= 0.3 is 6.03 Å². The zero-order valence-corrected chi connectivity index (χ0v) is 14.2. The van der Waals surface area contributed by atoms with E-state index in [4.69, 9.17) is 9.47 Å². The van der Waals surface area contributed by atoms with Gasteiger partial charge in [-0.2, -0.15) is 0 Å². The molecule has 2 rings (SSSR count). The Morgan fingerprint density at radius 2 is 2.08 bits per heavy atom. The number of nitrogens with zero attached hydrogens (tertiary/aromatic N) is 1. The van der Waals surface area contributed by atoms with Crippen molar-refractivity contribution in [3.63, 3.8) is 0 Å². The number of para-hydroxylation sites is 2. The summed E-state index contributed by atoms with van der Waals surface area (Å²) in [6.45, 7) is 4.38. The number of methoxy groups -OCH3 is 1. The Balaban J connectivity index is 1.92. The van der Waals surface area contributed by atoms with Crippen molar-refractivity contribution in [3.05, 3.63) is 24.3 Å². The minimum absolute atomic E-state index is 0.0103. The lowest BCUT2D eigenvalue weighted by molar-refractivity contribution is -0.124. The monoisotopic (exact) mass is 335 g/mol. The summed E-state index contributed by atoms with van der Waals surface area (Å²) in [7, 11) is 1.61. The first-order valence-corrected chi connectivity index (χ1v) is 8.20. The van der Waals surface area contributed by atoms with Crippen LogP contribution >= 0.6 is 0 Å². The molecule has 1 atom stereocenters. The van der Waals surface area contributed by atoms with E-state index < -0.39 is 0 Å². The largest absolute Gasteiger partial charge is 0.489 e. The number of carbonyl (C=O) groups excluding carboxylic acids is 2. The van der Waals surface area contributed by atoms with Crippen molar-refractivity contribution < 1.29 is 19.1 Å². The fourth-order valence-corrected chi connectivity index (χ4v) is 2.60. The van der Waals surface area contributed by atoms with E-state index in [0.717, 1.165) is 0 Å². The van der Waals surface area contributed by atoms with Crippen molar-refractivity contribution in [3.8, 4) is 5.75 Å². The summed E-state index contributed by atoms with van der Waals surface area (Å²) in [6.07, 6.45) is 0.686. The molecule has 1 aliphatic rings. The lowest BCUT2D eigenvalue weighted by Crippen LogP contribution is -2.36. The first-order chi connectivity index (χ1) is 11.7. The highest BCUT2D eigenvalue weighted by atomic mass is 16.5. The number of hydrogen-bond donors (Lipinski definition) is 2. The van der Waals surface area contributed by atoms with Crippen LogP contribution in [0.1, 0.15) is 13.3 Å². The lowest BCUT2D eigenvalue weighted by atomic mass is 10.1. The van der Waals surface area contributed by atoms with Gasteiger partial charge in [0.05, 0.1) is 18.2 Å². The molecule has 0 saturated carbocycles. The first kappa shape index (κ1) is 18.1. The van der Waals surface area contributed by atoms with E-state index in [1.807, 2.05) is 19.1 Å². The van der Waals surface area contributed by atoms with Crippen LogP contribution in [0.4, 0.5) is 10.5 Å². The molecule has 1 aliphatic heterocycles. The predicted molar refractivity (Wildman–Crippen MR) is 91.2 cm³/mol. The van der Waals surface area contributed by atoms with E-state index in [2.05, 4.69) is 10.6 Å². The van der Waals surface area contributed by atoms with E-state index >= 15 is 0 Å². The van der Waals surface area contributed by atoms with Crippen LogP contribution < -0.4 is 15.4 Å². The molecule has 0 radical (unpaired) electrons.